The highest BCUT2D eigenvalue weighted by molar-refractivity contribution is 6.32. The summed E-state index contributed by atoms with van der Waals surface area (Å²) < 4.78 is 77.7. The van der Waals surface area contributed by atoms with Gasteiger partial charge in [0.25, 0.3) is 5.91 Å². The zero-order valence-corrected chi connectivity index (χ0v) is 16.2. The van der Waals surface area contributed by atoms with E-state index in [9.17, 15) is 31.1 Å². The van der Waals surface area contributed by atoms with Gasteiger partial charge in [-0.05, 0) is 36.8 Å². The van der Waals surface area contributed by atoms with Gasteiger partial charge in [0.1, 0.15) is 11.5 Å². The molecule has 0 aliphatic rings. The first-order valence-corrected chi connectivity index (χ1v) is 8.76. The SMILES string of the molecule is Cc1cc(C(F)(F)F)cnc1NNC(=O)c1cccn1-c1ncc(C(F)(F)F)cc1Cl. The summed E-state index contributed by atoms with van der Waals surface area (Å²) in [7, 11) is 0. The Morgan fingerprint density at radius 1 is 1.03 bits per heavy atom. The zero-order valence-electron chi connectivity index (χ0n) is 15.4. The van der Waals surface area contributed by atoms with Crippen LogP contribution in [-0.4, -0.2) is 20.4 Å². The number of pyridine rings is 2. The van der Waals surface area contributed by atoms with Crippen LogP contribution in [0.1, 0.15) is 27.2 Å². The minimum Gasteiger partial charge on any atom is -0.295 e. The van der Waals surface area contributed by atoms with E-state index >= 15 is 0 Å². The van der Waals surface area contributed by atoms with Gasteiger partial charge >= 0.3 is 12.4 Å². The second kappa shape index (κ2) is 8.10. The van der Waals surface area contributed by atoms with Gasteiger partial charge in [0.15, 0.2) is 5.82 Å². The fraction of sp³-hybridized carbons (Fsp3) is 0.167. The van der Waals surface area contributed by atoms with Crippen LogP contribution in [-0.2, 0) is 12.4 Å². The van der Waals surface area contributed by atoms with Gasteiger partial charge in [0, 0.05) is 18.6 Å². The predicted molar refractivity (Wildman–Crippen MR) is 98.6 cm³/mol. The van der Waals surface area contributed by atoms with Gasteiger partial charge in [-0.25, -0.2) is 9.97 Å². The van der Waals surface area contributed by atoms with E-state index in [2.05, 4.69) is 20.8 Å². The molecule has 3 rings (SSSR count). The molecule has 0 aromatic carbocycles. The fourth-order valence-corrected chi connectivity index (χ4v) is 2.81. The summed E-state index contributed by atoms with van der Waals surface area (Å²) in [5.41, 5.74) is 2.75. The van der Waals surface area contributed by atoms with E-state index in [1.54, 1.807) is 0 Å². The maximum absolute atomic E-state index is 12.8. The van der Waals surface area contributed by atoms with Crippen LogP contribution in [0.15, 0.2) is 42.9 Å². The smallest absolute Gasteiger partial charge is 0.295 e. The molecule has 0 spiro atoms. The van der Waals surface area contributed by atoms with Gasteiger partial charge in [-0.3, -0.25) is 20.2 Å². The summed E-state index contributed by atoms with van der Waals surface area (Å²) in [4.78, 5) is 19.8. The number of anilines is 1. The maximum Gasteiger partial charge on any atom is 0.417 e. The maximum atomic E-state index is 12.8. The van der Waals surface area contributed by atoms with E-state index in [-0.39, 0.29) is 27.9 Å². The second-order valence-electron chi connectivity index (χ2n) is 6.26. The number of carbonyl (C=O) groups excluding carboxylic acids is 1. The number of rotatable bonds is 4. The summed E-state index contributed by atoms with van der Waals surface area (Å²) in [5.74, 6) is -0.900. The number of aromatic nitrogens is 3. The number of hydrogen-bond donors (Lipinski definition) is 2. The second-order valence-corrected chi connectivity index (χ2v) is 6.66. The summed E-state index contributed by atoms with van der Waals surface area (Å²) in [6, 6.07) is 4.32. The molecule has 31 heavy (non-hydrogen) atoms. The van der Waals surface area contributed by atoms with E-state index in [0.717, 1.165) is 10.6 Å². The van der Waals surface area contributed by atoms with Gasteiger partial charge < -0.3 is 0 Å². The quantitative estimate of drug-likeness (QED) is 0.421. The van der Waals surface area contributed by atoms with Gasteiger partial charge in [-0.2, -0.15) is 26.3 Å². The molecule has 0 saturated carbocycles. The number of nitrogens with zero attached hydrogens (tertiary/aromatic N) is 3. The number of hydrogen-bond acceptors (Lipinski definition) is 4. The van der Waals surface area contributed by atoms with Crippen molar-refractivity contribution in [3.8, 4) is 5.82 Å². The topological polar surface area (TPSA) is 71.8 Å². The predicted octanol–water partition coefficient (Wildman–Crippen LogP) is 5.02. The first-order valence-electron chi connectivity index (χ1n) is 8.38. The van der Waals surface area contributed by atoms with Crippen molar-refractivity contribution in [3.63, 3.8) is 0 Å². The normalized spacial score (nSPS) is 12.0. The van der Waals surface area contributed by atoms with E-state index in [0.29, 0.717) is 18.5 Å². The number of hydrazine groups is 1. The third-order valence-corrected chi connectivity index (χ3v) is 4.34. The number of nitrogens with one attached hydrogen (secondary N) is 2. The third-order valence-electron chi connectivity index (χ3n) is 4.06. The highest BCUT2D eigenvalue weighted by Gasteiger charge is 2.32. The summed E-state index contributed by atoms with van der Waals surface area (Å²) >= 11 is 5.92. The molecule has 2 N–H and O–H groups in total. The first-order chi connectivity index (χ1) is 14.4. The lowest BCUT2D eigenvalue weighted by molar-refractivity contribution is -0.138. The Kier molecular flexibility index (Phi) is 5.85. The molecular formula is C18H12ClF6N5O. The lowest BCUT2D eigenvalue weighted by atomic mass is 10.2. The summed E-state index contributed by atoms with van der Waals surface area (Å²) in [6.45, 7) is 1.37. The van der Waals surface area contributed by atoms with Crippen molar-refractivity contribution >= 4 is 23.3 Å². The van der Waals surface area contributed by atoms with E-state index in [1.807, 2.05) is 0 Å². The first kappa shape index (κ1) is 22.4. The lowest BCUT2D eigenvalue weighted by Gasteiger charge is -2.14. The molecule has 0 fully saturated rings. The minimum absolute atomic E-state index is 0.0230. The highest BCUT2D eigenvalue weighted by Crippen LogP contribution is 2.32. The molecule has 164 valence electrons. The minimum atomic E-state index is -4.64. The van der Waals surface area contributed by atoms with Crippen molar-refractivity contribution in [1.29, 1.82) is 0 Å². The van der Waals surface area contributed by atoms with Crippen molar-refractivity contribution in [2.24, 2.45) is 0 Å². The average Bonchev–Trinajstić information content (AvgIpc) is 3.14. The summed E-state index contributed by atoms with van der Waals surface area (Å²) in [5, 5.41) is -0.340. The Balaban J connectivity index is 1.79. The average molecular weight is 464 g/mol. The van der Waals surface area contributed by atoms with Crippen molar-refractivity contribution in [2.45, 2.75) is 19.3 Å². The number of aryl methyl sites for hydroxylation is 1. The van der Waals surface area contributed by atoms with Crippen molar-refractivity contribution in [3.05, 3.63) is 70.3 Å². The molecule has 3 heterocycles. The largest absolute Gasteiger partial charge is 0.417 e. The van der Waals surface area contributed by atoms with Crippen LogP contribution < -0.4 is 10.9 Å². The van der Waals surface area contributed by atoms with Crippen molar-refractivity contribution in [2.75, 3.05) is 5.43 Å². The Labute approximate surface area is 175 Å². The Morgan fingerprint density at radius 2 is 1.65 bits per heavy atom. The number of carbonyl (C=O) groups is 1. The molecule has 0 unspecified atom stereocenters. The van der Waals surface area contributed by atoms with E-state index < -0.39 is 29.4 Å². The molecule has 13 heteroatoms. The van der Waals surface area contributed by atoms with E-state index in [4.69, 9.17) is 11.6 Å². The van der Waals surface area contributed by atoms with Crippen molar-refractivity contribution in [1.82, 2.24) is 20.0 Å². The van der Waals surface area contributed by atoms with Crippen LogP contribution >= 0.6 is 11.6 Å². The van der Waals surface area contributed by atoms with Gasteiger partial charge in [-0.15, -0.1) is 0 Å². The standard InChI is InChI=1S/C18H12ClF6N5O/c1-9-5-10(17(20,21)22)7-26-14(9)28-29-16(31)13-3-2-4-30(13)15-12(19)6-11(8-27-15)18(23,24)25/h2-8H,1H3,(H,26,28)(H,29,31). The molecule has 3 aromatic rings. The lowest BCUT2D eigenvalue weighted by Crippen LogP contribution is -2.31. The van der Waals surface area contributed by atoms with E-state index in [1.165, 1.54) is 25.3 Å². The van der Waals surface area contributed by atoms with Crippen LogP contribution in [0.3, 0.4) is 0 Å². The molecule has 0 saturated heterocycles. The molecular weight excluding hydrogens is 452 g/mol. The number of alkyl halides is 6. The van der Waals surface area contributed by atoms with Crippen LogP contribution in [0, 0.1) is 6.92 Å². The van der Waals surface area contributed by atoms with Gasteiger partial charge in [0.2, 0.25) is 0 Å². The van der Waals surface area contributed by atoms with Crippen molar-refractivity contribution < 1.29 is 31.1 Å². The summed E-state index contributed by atoms with van der Waals surface area (Å²) in [6.07, 6.45) is -6.65. The fourth-order valence-electron chi connectivity index (χ4n) is 2.55. The monoisotopic (exact) mass is 463 g/mol. The zero-order chi connectivity index (χ0) is 23.0. The Hall–Kier alpha value is -3.28. The van der Waals surface area contributed by atoms with Crippen LogP contribution in [0.2, 0.25) is 5.02 Å². The van der Waals surface area contributed by atoms with Crippen LogP contribution in [0.4, 0.5) is 32.2 Å². The molecule has 0 bridgehead atoms. The Bertz CT molecular complexity index is 1130. The molecule has 0 radical (unpaired) electrons. The molecule has 3 aromatic heterocycles. The molecule has 0 aliphatic heterocycles. The van der Waals surface area contributed by atoms with Gasteiger partial charge in [-0.1, -0.05) is 11.6 Å². The Morgan fingerprint density at radius 3 is 2.23 bits per heavy atom. The number of halogens is 7. The molecule has 0 aliphatic carbocycles. The van der Waals surface area contributed by atoms with Crippen LogP contribution in [0.25, 0.3) is 5.82 Å². The molecule has 6 nitrogen and oxygen atoms in total. The number of amides is 1. The van der Waals surface area contributed by atoms with Gasteiger partial charge in [0.05, 0.1) is 16.1 Å². The van der Waals surface area contributed by atoms with Crippen LogP contribution in [0.5, 0.6) is 0 Å². The highest BCUT2D eigenvalue weighted by atomic mass is 35.5. The molecule has 0 atom stereocenters. The molecule has 1 amide bonds. The third kappa shape index (κ3) is 4.90.